The van der Waals surface area contributed by atoms with Crippen molar-refractivity contribution in [1.29, 1.82) is 0 Å². The van der Waals surface area contributed by atoms with Gasteiger partial charge in [-0.05, 0) is 29.5 Å². The molecule has 2 N–H and O–H groups in total. The van der Waals surface area contributed by atoms with Crippen LogP contribution in [0.4, 0.5) is 5.69 Å². The summed E-state index contributed by atoms with van der Waals surface area (Å²) in [5, 5.41) is 0.596. The summed E-state index contributed by atoms with van der Waals surface area (Å²) in [6.07, 6.45) is 0. The molecule has 0 aliphatic rings. The molecule has 0 saturated carbocycles. The fraction of sp³-hybridized carbons (Fsp3) is 0.133. The van der Waals surface area contributed by atoms with Gasteiger partial charge in [-0.2, -0.15) is 0 Å². The molecule has 3 aromatic rings. The maximum atomic E-state index is 5.70. The molecule has 0 unspecified atom stereocenters. The van der Waals surface area contributed by atoms with E-state index in [-0.39, 0.29) is 0 Å². The topological polar surface area (TPSA) is 61.3 Å². The van der Waals surface area contributed by atoms with Crippen LogP contribution in [-0.4, -0.2) is 10.9 Å². The number of oxazole rings is 1. The van der Waals surface area contributed by atoms with Crippen LogP contribution in [0.3, 0.4) is 0 Å². The van der Waals surface area contributed by atoms with Crippen molar-refractivity contribution in [2.75, 3.05) is 11.7 Å². The number of fused-ring (bicyclic) bond motifs is 1. The van der Waals surface area contributed by atoms with Gasteiger partial charge in [0.25, 0.3) is 5.22 Å². The number of ether oxygens (including phenoxy) is 1. The molecule has 1 aromatic heterocycles. The predicted octanol–water partition coefficient (Wildman–Crippen LogP) is 3.68. The molecule has 1 heterocycles. The summed E-state index contributed by atoms with van der Waals surface area (Å²) in [6.45, 7) is 0.584. The van der Waals surface area contributed by atoms with E-state index >= 15 is 0 Å². The Bertz CT molecular complexity index is 697. The molecule has 0 radical (unpaired) electrons. The normalized spacial score (nSPS) is 11.0. The Morgan fingerprint density at radius 3 is 2.85 bits per heavy atom. The fourth-order valence-electron chi connectivity index (χ4n) is 1.81. The molecular weight excluding hydrogens is 272 g/mol. The fourth-order valence-corrected chi connectivity index (χ4v) is 2.39. The standard InChI is InChI=1S/C15H14N2O2S/c16-12-6-7-13-14(8-12)19-15(17-13)20-10-18-9-11-4-2-1-3-5-11/h1-8H,9-10,16H2. The van der Waals surface area contributed by atoms with Gasteiger partial charge < -0.3 is 14.9 Å². The quantitative estimate of drug-likeness (QED) is 0.335. The maximum absolute atomic E-state index is 5.70. The number of nitrogen functional groups attached to an aromatic ring is 1. The molecular formula is C15H14N2O2S. The van der Waals surface area contributed by atoms with E-state index in [4.69, 9.17) is 14.9 Å². The molecule has 0 amide bonds. The first-order valence-electron chi connectivity index (χ1n) is 6.22. The number of anilines is 1. The molecule has 5 heteroatoms. The Hall–Kier alpha value is -1.98. The maximum Gasteiger partial charge on any atom is 0.259 e. The monoisotopic (exact) mass is 286 g/mol. The molecule has 20 heavy (non-hydrogen) atoms. The molecule has 0 bridgehead atoms. The Morgan fingerprint density at radius 1 is 1.15 bits per heavy atom. The summed E-state index contributed by atoms with van der Waals surface area (Å²) in [5.41, 5.74) is 9.04. The number of nitrogens with zero attached hydrogens (tertiary/aromatic N) is 1. The minimum absolute atomic E-state index is 0.497. The lowest BCUT2D eigenvalue weighted by atomic mass is 10.2. The van der Waals surface area contributed by atoms with Crippen LogP contribution in [0.1, 0.15) is 5.56 Å². The molecule has 0 aliphatic heterocycles. The second kappa shape index (κ2) is 5.98. The van der Waals surface area contributed by atoms with Gasteiger partial charge in [0.15, 0.2) is 5.58 Å². The van der Waals surface area contributed by atoms with Crippen LogP contribution >= 0.6 is 11.8 Å². The molecule has 102 valence electrons. The van der Waals surface area contributed by atoms with Crippen LogP contribution in [0.25, 0.3) is 11.1 Å². The van der Waals surface area contributed by atoms with Gasteiger partial charge in [0.2, 0.25) is 0 Å². The van der Waals surface area contributed by atoms with Crippen molar-refractivity contribution in [1.82, 2.24) is 4.98 Å². The first-order valence-corrected chi connectivity index (χ1v) is 7.20. The minimum Gasteiger partial charge on any atom is -0.431 e. The van der Waals surface area contributed by atoms with E-state index in [2.05, 4.69) is 4.98 Å². The first-order chi connectivity index (χ1) is 9.81. The van der Waals surface area contributed by atoms with Crippen LogP contribution in [0.2, 0.25) is 0 Å². The zero-order chi connectivity index (χ0) is 13.8. The molecule has 0 saturated heterocycles. The van der Waals surface area contributed by atoms with Gasteiger partial charge in [-0.25, -0.2) is 4.98 Å². The number of rotatable bonds is 5. The van der Waals surface area contributed by atoms with E-state index in [1.807, 2.05) is 42.5 Å². The number of nitrogens with two attached hydrogens (primary N) is 1. The lowest BCUT2D eigenvalue weighted by molar-refractivity contribution is 0.168. The Morgan fingerprint density at radius 2 is 2.00 bits per heavy atom. The van der Waals surface area contributed by atoms with Gasteiger partial charge in [-0.15, -0.1) is 0 Å². The second-order valence-electron chi connectivity index (χ2n) is 4.30. The molecule has 3 rings (SSSR count). The van der Waals surface area contributed by atoms with Gasteiger partial charge in [0, 0.05) is 11.8 Å². The van der Waals surface area contributed by atoms with Gasteiger partial charge >= 0.3 is 0 Å². The van der Waals surface area contributed by atoms with Crippen molar-refractivity contribution in [2.24, 2.45) is 0 Å². The Labute approximate surface area is 120 Å². The van der Waals surface area contributed by atoms with E-state index < -0.39 is 0 Å². The summed E-state index contributed by atoms with van der Waals surface area (Å²) in [7, 11) is 0. The van der Waals surface area contributed by atoms with E-state index in [1.165, 1.54) is 11.8 Å². The van der Waals surface area contributed by atoms with Crippen molar-refractivity contribution in [3.05, 3.63) is 54.1 Å². The summed E-state index contributed by atoms with van der Waals surface area (Å²) in [6, 6.07) is 15.5. The first kappa shape index (κ1) is 13.0. The predicted molar refractivity (Wildman–Crippen MR) is 80.4 cm³/mol. The lowest BCUT2D eigenvalue weighted by Crippen LogP contribution is -1.91. The van der Waals surface area contributed by atoms with E-state index in [9.17, 15) is 0 Å². The highest BCUT2D eigenvalue weighted by Crippen LogP contribution is 2.25. The number of aromatic nitrogens is 1. The van der Waals surface area contributed by atoms with E-state index in [0.29, 0.717) is 29.0 Å². The van der Waals surface area contributed by atoms with Crippen molar-refractivity contribution in [3.63, 3.8) is 0 Å². The molecule has 4 nitrogen and oxygen atoms in total. The molecule has 2 aromatic carbocycles. The largest absolute Gasteiger partial charge is 0.431 e. The summed E-state index contributed by atoms with van der Waals surface area (Å²) < 4.78 is 11.2. The molecule has 0 atom stereocenters. The Kier molecular flexibility index (Phi) is 3.90. The highest BCUT2D eigenvalue weighted by molar-refractivity contribution is 7.98. The third-order valence-corrected chi connectivity index (χ3v) is 3.48. The van der Waals surface area contributed by atoms with Crippen LogP contribution in [0.15, 0.2) is 58.2 Å². The third-order valence-electron chi connectivity index (χ3n) is 2.77. The third kappa shape index (κ3) is 3.12. The van der Waals surface area contributed by atoms with Crippen molar-refractivity contribution >= 4 is 28.5 Å². The van der Waals surface area contributed by atoms with Gasteiger partial charge in [-0.3, -0.25) is 0 Å². The number of benzene rings is 2. The SMILES string of the molecule is Nc1ccc2nc(SCOCc3ccccc3)oc2c1. The van der Waals surface area contributed by atoms with Crippen LogP contribution < -0.4 is 5.73 Å². The number of hydrogen-bond donors (Lipinski definition) is 1. The highest BCUT2D eigenvalue weighted by Gasteiger charge is 2.06. The smallest absolute Gasteiger partial charge is 0.259 e. The van der Waals surface area contributed by atoms with Crippen molar-refractivity contribution in [2.45, 2.75) is 11.8 Å². The van der Waals surface area contributed by atoms with Gasteiger partial charge in [0.05, 0.1) is 6.61 Å². The van der Waals surface area contributed by atoms with Crippen molar-refractivity contribution in [3.8, 4) is 0 Å². The molecule has 0 aliphatic carbocycles. The van der Waals surface area contributed by atoms with E-state index in [1.54, 1.807) is 6.07 Å². The van der Waals surface area contributed by atoms with Crippen LogP contribution in [0.5, 0.6) is 0 Å². The van der Waals surface area contributed by atoms with Crippen LogP contribution in [0, 0.1) is 0 Å². The molecule has 0 spiro atoms. The average molecular weight is 286 g/mol. The zero-order valence-electron chi connectivity index (χ0n) is 10.8. The van der Waals surface area contributed by atoms with Gasteiger partial charge in [-0.1, -0.05) is 30.3 Å². The molecule has 0 fully saturated rings. The highest BCUT2D eigenvalue weighted by atomic mass is 32.2. The average Bonchev–Trinajstić information content (AvgIpc) is 2.86. The zero-order valence-corrected chi connectivity index (χ0v) is 11.6. The van der Waals surface area contributed by atoms with Gasteiger partial charge in [0.1, 0.15) is 11.5 Å². The van der Waals surface area contributed by atoms with Crippen molar-refractivity contribution < 1.29 is 9.15 Å². The summed E-state index contributed by atoms with van der Waals surface area (Å²) in [5.74, 6) is 0.497. The summed E-state index contributed by atoms with van der Waals surface area (Å²) >= 11 is 1.43. The summed E-state index contributed by atoms with van der Waals surface area (Å²) in [4.78, 5) is 4.36. The minimum atomic E-state index is 0.497. The van der Waals surface area contributed by atoms with Crippen LogP contribution in [-0.2, 0) is 11.3 Å². The lowest BCUT2D eigenvalue weighted by Gasteiger charge is -2.01. The number of thioether (sulfide) groups is 1. The second-order valence-corrected chi connectivity index (χ2v) is 5.18. The number of hydrogen-bond acceptors (Lipinski definition) is 5. The van der Waals surface area contributed by atoms with E-state index in [0.717, 1.165) is 11.1 Å². The Balaban J connectivity index is 1.55.